The van der Waals surface area contributed by atoms with Crippen LogP contribution in [0.25, 0.3) is 0 Å². The van der Waals surface area contributed by atoms with E-state index in [1.54, 1.807) is 0 Å². The van der Waals surface area contributed by atoms with Gasteiger partial charge in [0.2, 0.25) is 0 Å². The second-order valence-corrected chi connectivity index (χ2v) is 4.98. The van der Waals surface area contributed by atoms with E-state index in [0.29, 0.717) is 11.5 Å². The molecule has 1 fully saturated rings. The number of hydrogen-bond donors (Lipinski definition) is 1. The van der Waals surface area contributed by atoms with Crippen LogP contribution in [-0.4, -0.2) is 7.05 Å². The number of hydrogen-bond acceptors (Lipinski definition) is 1. The van der Waals surface area contributed by atoms with Crippen molar-refractivity contribution >= 4 is 0 Å². The van der Waals surface area contributed by atoms with E-state index in [1.165, 1.54) is 12.0 Å². The predicted octanol–water partition coefficient (Wildman–Crippen LogP) is 2.99. The summed E-state index contributed by atoms with van der Waals surface area (Å²) in [5.74, 6) is 0.801. The molecule has 1 aromatic rings. The van der Waals surface area contributed by atoms with Crippen molar-refractivity contribution in [2.45, 2.75) is 26.3 Å². The summed E-state index contributed by atoms with van der Waals surface area (Å²) in [5.41, 5.74) is 1.95. The first-order chi connectivity index (χ1) is 6.65. The Morgan fingerprint density at radius 3 is 2.29 bits per heavy atom. The Bertz CT molecular complexity index is 302. The molecule has 2 unspecified atom stereocenters. The first-order valence-electron chi connectivity index (χ1n) is 5.37. The minimum Gasteiger partial charge on any atom is -0.313 e. The van der Waals surface area contributed by atoms with E-state index in [1.807, 2.05) is 0 Å². The normalized spacial score (nSPS) is 25.8. The summed E-state index contributed by atoms with van der Waals surface area (Å²) in [7, 11) is 2.06. The van der Waals surface area contributed by atoms with Gasteiger partial charge in [0.05, 0.1) is 0 Å². The molecule has 1 N–H and O–H groups in total. The summed E-state index contributed by atoms with van der Waals surface area (Å²) in [5, 5.41) is 3.44. The Kier molecular flexibility index (Phi) is 2.36. The highest BCUT2D eigenvalue weighted by Crippen LogP contribution is 2.57. The number of rotatable bonds is 3. The highest BCUT2D eigenvalue weighted by atomic mass is 14.9. The Morgan fingerprint density at radius 1 is 1.29 bits per heavy atom. The summed E-state index contributed by atoms with van der Waals surface area (Å²) in [6.07, 6.45) is 1.34. The van der Waals surface area contributed by atoms with Gasteiger partial charge in [0, 0.05) is 6.04 Å². The van der Waals surface area contributed by atoms with Gasteiger partial charge in [0.25, 0.3) is 0 Å². The molecule has 76 valence electrons. The van der Waals surface area contributed by atoms with Crippen LogP contribution in [0.15, 0.2) is 30.3 Å². The molecule has 0 radical (unpaired) electrons. The molecule has 14 heavy (non-hydrogen) atoms. The third-order valence-corrected chi connectivity index (χ3v) is 3.46. The molecule has 1 saturated carbocycles. The maximum absolute atomic E-state index is 3.44. The fourth-order valence-electron chi connectivity index (χ4n) is 2.34. The zero-order chi connectivity index (χ0) is 10.2. The zero-order valence-electron chi connectivity index (χ0n) is 9.25. The molecule has 2 atom stereocenters. The minimum absolute atomic E-state index is 0.531. The third kappa shape index (κ3) is 1.69. The van der Waals surface area contributed by atoms with Crippen LogP contribution in [0.4, 0.5) is 0 Å². The molecule has 1 aromatic carbocycles. The minimum atomic E-state index is 0.531. The van der Waals surface area contributed by atoms with E-state index in [4.69, 9.17) is 0 Å². The van der Waals surface area contributed by atoms with Gasteiger partial charge in [0.15, 0.2) is 0 Å². The largest absolute Gasteiger partial charge is 0.313 e. The average Bonchev–Trinajstić information content (AvgIpc) is 2.78. The van der Waals surface area contributed by atoms with Crippen LogP contribution in [-0.2, 0) is 0 Å². The predicted molar refractivity (Wildman–Crippen MR) is 60.1 cm³/mol. The van der Waals surface area contributed by atoms with Gasteiger partial charge >= 0.3 is 0 Å². The highest BCUT2D eigenvalue weighted by Gasteiger charge is 2.49. The lowest BCUT2D eigenvalue weighted by molar-refractivity contribution is 0.441. The van der Waals surface area contributed by atoms with Gasteiger partial charge in [-0.2, -0.15) is 0 Å². The van der Waals surface area contributed by atoms with Crippen LogP contribution in [0.1, 0.15) is 31.9 Å². The van der Waals surface area contributed by atoms with Crippen molar-refractivity contribution in [2.24, 2.45) is 11.3 Å². The molecule has 0 aromatic heterocycles. The van der Waals surface area contributed by atoms with E-state index < -0.39 is 0 Å². The van der Waals surface area contributed by atoms with Gasteiger partial charge in [-0.3, -0.25) is 0 Å². The maximum Gasteiger partial charge on any atom is 0.0351 e. The molecular formula is C13H19N. The molecule has 1 aliphatic carbocycles. The Morgan fingerprint density at radius 2 is 1.86 bits per heavy atom. The van der Waals surface area contributed by atoms with Crippen molar-refractivity contribution < 1.29 is 0 Å². The van der Waals surface area contributed by atoms with Crippen molar-refractivity contribution in [1.29, 1.82) is 0 Å². The van der Waals surface area contributed by atoms with Crippen molar-refractivity contribution in [3.63, 3.8) is 0 Å². The summed E-state index contributed by atoms with van der Waals surface area (Å²) >= 11 is 0. The first-order valence-corrected chi connectivity index (χ1v) is 5.37. The molecule has 0 amide bonds. The highest BCUT2D eigenvalue weighted by molar-refractivity contribution is 5.22. The average molecular weight is 189 g/mol. The van der Waals surface area contributed by atoms with E-state index >= 15 is 0 Å². The van der Waals surface area contributed by atoms with Gasteiger partial charge in [-0.05, 0) is 30.4 Å². The van der Waals surface area contributed by atoms with Crippen molar-refractivity contribution in [3.8, 4) is 0 Å². The standard InChI is InChI=1S/C13H19N/c1-13(2)9-11(13)12(14-3)10-7-5-4-6-8-10/h4-8,11-12,14H,9H2,1-3H3. The molecule has 0 aliphatic heterocycles. The van der Waals surface area contributed by atoms with Crippen molar-refractivity contribution in [3.05, 3.63) is 35.9 Å². The molecule has 0 spiro atoms. The summed E-state index contributed by atoms with van der Waals surface area (Å²) in [6.45, 7) is 4.70. The Hall–Kier alpha value is -0.820. The lowest BCUT2D eigenvalue weighted by Gasteiger charge is -2.18. The van der Waals surface area contributed by atoms with Crippen LogP contribution in [0.3, 0.4) is 0 Å². The summed E-state index contributed by atoms with van der Waals surface area (Å²) in [4.78, 5) is 0. The lowest BCUT2D eigenvalue weighted by Crippen LogP contribution is -2.20. The second-order valence-electron chi connectivity index (χ2n) is 4.98. The molecular weight excluding hydrogens is 170 g/mol. The quantitative estimate of drug-likeness (QED) is 0.770. The topological polar surface area (TPSA) is 12.0 Å². The molecule has 1 heteroatoms. The summed E-state index contributed by atoms with van der Waals surface area (Å²) in [6, 6.07) is 11.3. The molecule has 1 nitrogen and oxygen atoms in total. The van der Waals surface area contributed by atoms with Crippen LogP contribution in [0.2, 0.25) is 0 Å². The van der Waals surface area contributed by atoms with E-state index in [2.05, 4.69) is 56.5 Å². The molecule has 2 rings (SSSR count). The van der Waals surface area contributed by atoms with Crippen molar-refractivity contribution in [1.82, 2.24) is 5.32 Å². The number of benzene rings is 1. The molecule has 1 aliphatic rings. The molecule has 0 heterocycles. The fraction of sp³-hybridized carbons (Fsp3) is 0.538. The van der Waals surface area contributed by atoms with E-state index in [0.717, 1.165) is 5.92 Å². The molecule has 0 saturated heterocycles. The smallest absolute Gasteiger partial charge is 0.0351 e. The van der Waals surface area contributed by atoms with Crippen molar-refractivity contribution in [2.75, 3.05) is 7.05 Å². The fourth-order valence-corrected chi connectivity index (χ4v) is 2.34. The van der Waals surface area contributed by atoms with Crippen LogP contribution >= 0.6 is 0 Å². The number of nitrogens with one attached hydrogen (secondary N) is 1. The van der Waals surface area contributed by atoms with Gasteiger partial charge in [0.1, 0.15) is 0 Å². The molecule has 0 bridgehead atoms. The SMILES string of the molecule is CNC(c1ccccc1)C1CC1(C)C. The zero-order valence-corrected chi connectivity index (χ0v) is 9.25. The van der Waals surface area contributed by atoms with Gasteiger partial charge in [-0.1, -0.05) is 44.2 Å². The van der Waals surface area contributed by atoms with Crippen LogP contribution in [0, 0.1) is 11.3 Å². The first kappa shape index (κ1) is 9.72. The van der Waals surface area contributed by atoms with E-state index in [9.17, 15) is 0 Å². The summed E-state index contributed by atoms with van der Waals surface area (Å²) < 4.78 is 0. The van der Waals surface area contributed by atoms with Crippen LogP contribution in [0.5, 0.6) is 0 Å². The Labute approximate surface area is 86.5 Å². The monoisotopic (exact) mass is 189 g/mol. The van der Waals surface area contributed by atoms with Gasteiger partial charge < -0.3 is 5.32 Å². The lowest BCUT2D eigenvalue weighted by atomic mass is 9.97. The second kappa shape index (κ2) is 3.39. The Balaban J connectivity index is 2.16. The maximum atomic E-state index is 3.44. The van der Waals surface area contributed by atoms with Gasteiger partial charge in [-0.25, -0.2) is 0 Å². The van der Waals surface area contributed by atoms with Crippen LogP contribution < -0.4 is 5.32 Å². The third-order valence-electron chi connectivity index (χ3n) is 3.46. The van der Waals surface area contributed by atoms with E-state index in [-0.39, 0.29) is 0 Å². The van der Waals surface area contributed by atoms with Gasteiger partial charge in [-0.15, -0.1) is 0 Å².